The van der Waals surface area contributed by atoms with Crippen LogP contribution in [0.25, 0.3) is 27.8 Å². The molecule has 4 aromatic rings. The third kappa shape index (κ3) is 2.55. The van der Waals surface area contributed by atoms with Crippen LogP contribution in [0.4, 0.5) is 0 Å². The first-order valence-electron chi connectivity index (χ1n) is 9.96. The summed E-state index contributed by atoms with van der Waals surface area (Å²) in [5.41, 5.74) is 3.61. The first-order chi connectivity index (χ1) is 13.6. The van der Waals surface area contributed by atoms with Gasteiger partial charge >= 0.3 is 0 Å². The van der Waals surface area contributed by atoms with E-state index in [1.807, 2.05) is 47.2 Å². The lowest BCUT2D eigenvalue weighted by molar-refractivity contribution is 0.183. The third-order valence-corrected chi connectivity index (χ3v) is 6.40. The molecule has 0 amide bonds. The van der Waals surface area contributed by atoms with Crippen LogP contribution in [-0.4, -0.2) is 24.4 Å². The van der Waals surface area contributed by atoms with Crippen molar-refractivity contribution in [1.29, 1.82) is 0 Å². The van der Waals surface area contributed by atoms with Gasteiger partial charge in [-0.3, -0.25) is 4.79 Å². The number of rotatable bonds is 2. The quantitative estimate of drug-likeness (QED) is 0.530. The average molecular weight is 373 g/mol. The molecule has 0 radical (unpaired) electrons. The van der Waals surface area contributed by atoms with E-state index in [9.17, 15) is 4.79 Å². The van der Waals surface area contributed by atoms with Crippen LogP contribution in [0.5, 0.6) is 0 Å². The van der Waals surface area contributed by atoms with Gasteiger partial charge in [0.1, 0.15) is 5.52 Å². The van der Waals surface area contributed by atoms with E-state index >= 15 is 0 Å². The van der Waals surface area contributed by atoms with Crippen molar-refractivity contribution in [3.8, 4) is 11.1 Å². The van der Waals surface area contributed by atoms with E-state index in [0.29, 0.717) is 28.5 Å². The summed E-state index contributed by atoms with van der Waals surface area (Å²) in [4.78, 5) is 13.2. The number of hydrogen-bond acceptors (Lipinski definition) is 4. The molecule has 3 heterocycles. The summed E-state index contributed by atoms with van der Waals surface area (Å²) in [6.45, 7) is 4.53. The second kappa shape index (κ2) is 6.55. The Balaban J connectivity index is 1.67. The minimum Gasteiger partial charge on any atom is -0.310 e. The van der Waals surface area contributed by atoms with Crippen LogP contribution in [0.1, 0.15) is 39.2 Å². The lowest BCUT2D eigenvalue weighted by atomic mass is 9.78. The Morgan fingerprint density at radius 2 is 1.86 bits per heavy atom. The van der Waals surface area contributed by atoms with Gasteiger partial charge in [-0.2, -0.15) is 5.10 Å². The van der Waals surface area contributed by atoms with E-state index in [0.717, 1.165) is 24.0 Å². The van der Waals surface area contributed by atoms with Crippen LogP contribution < -0.4 is 5.56 Å². The lowest BCUT2D eigenvalue weighted by Gasteiger charge is -2.35. The number of aromatic nitrogens is 5. The Morgan fingerprint density at radius 3 is 2.68 bits per heavy atom. The summed E-state index contributed by atoms with van der Waals surface area (Å²) in [6, 6.07) is 12.2. The molecule has 1 saturated carbocycles. The molecule has 0 aliphatic heterocycles. The summed E-state index contributed by atoms with van der Waals surface area (Å²) >= 11 is 0. The summed E-state index contributed by atoms with van der Waals surface area (Å²) in [6.07, 6.45) is 7.12. The van der Waals surface area contributed by atoms with E-state index in [4.69, 9.17) is 0 Å². The molecule has 1 fully saturated rings. The fraction of sp³-hybridized carbons (Fsp3) is 0.364. The topological polar surface area (TPSA) is 65.1 Å². The highest BCUT2D eigenvalue weighted by Crippen LogP contribution is 2.37. The van der Waals surface area contributed by atoms with E-state index < -0.39 is 0 Å². The van der Waals surface area contributed by atoms with Crippen molar-refractivity contribution in [2.24, 2.45) is 11.8 Å². The zero-order valence-corrected chi connectivity index (χ0v) is 16.1. The number of nitrogens with zero attached hydrogens (tertiary/aromatic N) is 5. The van der Waals surface area contributed by atoms with Crippen molar-refractivity contribution in [2.75, 3.05) is 0 Å². The molecule has 3 atom stereocenters. The second-order valence-electron chi connectivity index (χ2n) is 7.96. The SMILES string of the molecule is C[C@H]1[C@H](C)CCC[C@H]1n1ccc2c(nnc3c(-c4ccccc4)cnn32)c1=O. The predicted octanol–water partition coefficient (Wildman–Crippen LogP) is 4.10. The van der Waals surface area contributed by atoms with Crippen molar-refractivity contribution in [1.82, 2.24) is 24.4 Å². The molecule has 28 heavy (non-hydrogen) atoms. The zero-order chi connectivity index (χ0) is 19.3. The Bertz CT molecular complexity index is 1210. The van der Waals surface area contributed by atoms with Crippen LogP contribution >= 0.6 is 0 Å². The van der Waals surface area contributed by atoms with Gasteiger partial charge in [0.2, 0.25) is 0 Å². The normalized spacial score (nSPS) is 22.7. The van der Waals surface area contributed by atoms with Crippen molar-refractivity contribution in [3.63, 3.8) is 0 Å². The predicted molar refractivity (Wildman–Crippen MR) is 109 cm³/mol. The van der Waals surface area contributed by atoms with Gasteiger partial charge in [0, 0.05) is 17.8 Å². The van der Waals surface area contributed by atoms with Gasteiger partial charge in [0.25, 0.3) is 5.56 Å². The van der Waals surface area contributed by atoms with Gasteiger partial charge in [0.05, 0.1) is 6.20 Å². The fourth-order valence-electron chi connectivity index (χ4n) is 4.54. The summed E-state index contributed by atoms with van der Waals surface area (Å²) in [5, 5.41) is 13.2. The van der Waals surface area contributed by atoms with Gasteiger partial charge in [0.15, 0.2) is 11.2 Å². The minimum atomic E-state index is -0.0744. The van der Waals surface area contributed by atoms with Crippen molar-refractivity contribution < 1.29 is 0 Å². The number of benzene rings is 1. The van der Waals surface area contributed by atoms with Crippen LogP contribution in [0.3, 0.4) is 0 Å². The Morgan fingerprint density at radius 1 is 1.04 bits per heavy atom. The molecule has 1 aliphatic rings. The van der Waals surface area contributed by atoms with Crippen molar-refractivity contribution in [2.45, 2.75) is 39.2 Å². The van der Waals surface area contributed by atoms with Crippen molar-refractivity contribution >= 4 is 16.7 Å². The highest BCUT2D eigenvalue weighted by atomic mass is 16.1. The first-order valence-corrected chi connectivity index (χ1v) is 9.96. The maximum atomic E-state index is 13.2. The molecule has 0 bridgehead atoms. The minimum absolute atomic E-state index is 0.0744. The number of pyridine rings is 1. The molecule has 0 saturated heterocycles. The lowest BCUT2D eigenvalue weighted by Crippen LogP contribution is -2.34. The molecular weight excluding hydrogens is 350 g/mol. The maximum absolute atomic E-state index is 13.2. The monoisotopic (exact) mass is 373 g/mol. The van der Waals surface area contributed by atoms with Crippen LogP contribution in [0, 0.1) is 11.8 Å². The van der Waals surface area contributed by atoms with Gasteiger partial charge in [-0.1, -0.05) is 57.0 Å². The molecule has 6 nitrogen and oxygen atoms in total. The Hall–Kier alpha value is -3.02. The number of fused-ring (bicyclic) bond motifs is 3. The maximum Gasteiger partial charge on any atom is 0.280 e. The largest absolute Gasteiger partial charge is 0.310 e. The average Bonchev–Trinajstić information content (AvgIpc) is 3.16. The van der Waals surface area contributed by atoms with E-state index in [1.54, 1.807) is 10.7 Å². The molecule has 6 heteroatoms. The summed E-state index contributed by atoms with van der Waals surface area (Å²) in [5.74, 6) is 1.09. The highest BCUT2D eigenvalue weighted by Gasteiger charge is 2.29. The first kappa shape index (κ1) is 17.1. The van der Waals surface area contributed by atoms with E-state index in [1.165, 1.54) is 6.42 Å². The van der Waals surface area contributed by atoms with Gasteiger partial charge in [-0.05, 0) is 29.9 Å². The van der Waals surface area contributed by atoms with Crippen LogP contribution in [-0.2, 0) is 0 Å². The standard InChI is InChI=1S/C22H23N5O/c1-14-7-6-10-18(15(14)2)26-12-11-19-20(22(26)28)24-25-21-17(13-23-27(19)21)16-8-4-3-5-9-16/h3-5,8-9,11-15,18H,6-7,10H2,1-2H3/t14-,15+,18-/m1/s1. The summed E-state index contributed by atoms with van der Waals surface area (Å²) < 4.78 is 3.59. The second-order valence-corrected chi connectivity index (χ2v) is 7.96. The zero-order valence-electron chi connectivity index (χ0n) is 16.1. The fourth-order valence-corrected chi connectivity index (χ4v) is 4.54. The van der Waals surface area contributed by atoms with Gasteiger partial charge in [-0.15, -0.1) is 10.2 Å². The summed E-state index contributed by atoms with van der Waals surface area (Å²) in [7, 11) is 0. The Labute approximate surface area is 162 Å². The molecular formula is C22H23N5O. The third-order valence-electron chi connectivity index (χ3n) is 6.40. The molecule has 1 aliphatic carbocycles. The smallest absolute Gasteiger partial charge is 0.280 e. The van der Waals surface area contributed by atoms with Gasteiger partial charge in [-0.25, -0.2) is 4.52 Å². The Kier molecular flexibility index (Phi) is 4.00. The highest BCUT2D eigenvalue weighted by molar-refractivity contribution is 5.82. The molecule has 0 spiro atoms. The molecule has 5 rings (SSSR count). The van der Waals surface area contributed by atoms with Gasteiger partial charge < -0.3 is 4.57 Å². The van der Waals surface area contributed by atoms with Crippen LogP contribution in [0.15, 0.2) is 53.6 Å². The molecule has 0 unspecified atom stereocenters. The van der Waals surface area contributed by atoms with E-state index in [2.05, 4.69) is 29.1 Å². The molecule has 0 N–H and O–H groups in total. The van der Waals surface area contributed by atoms with E-state index in [-0.39, 0.29) is 11.6 Å². The molecule has 142 valence electrons. The molecule has 1 aromatic carbocycles. The number of hydrogen-bond donors (Lipinski definition) is 0. The molecule has 3 aromatic heterocycles. The van der Waals surface area contributed by atoms with Crippen LogP contribution in [0.2, 0.25) is 0 Å². The van der Waals surface area contributed by atoms with Crippen molar-refractivity contribution in [3.05, 3.63) is 59.1 Å².